The van der Waals surface area contributed by atoms with Gasteiger partial charge in [-0.25, -0.2) is 9.38 Å². The Kier molecular flexibility index (Phi) is 5.44. The maximum absolute atomic E-state index is 14.4. The lowest BCUT2D eigenvalue weighted by Crippen LogP contribution is -2.51. The van der Waals surface area contributed by atoms with Crippen LogP contribution in [0.25, 0.3) is 11.1 Å². The van der Waals surface area contributed by atoms with Crippen LogP contribution in [0.3, 0.4) is 0 Å². The summed E-state index contributed by atoms with van der Waals surface area (Å²) in [6, 6.07) is 19.8. The van der Waals surface area contributed by atoms with Gasteiger partial charge in [0.25, 0.3) is 5.91 Å². The van der Waals surface area contributed by atoms with Crippen LogP contribution in [0.1, 0.15) is 30.0 Å². The maximum Gasteiger partial charge on any atom is 0.261 e. The molecule has 5 rings (SSSR count). The van der Waals surface area contributed by atoms with Gasteiger partial charge >= 0.3 is 0 Å². The van der Waals surface area contributed by atoms with E-state index in [9.17, 15) is 14.4 Å². The Bertz CT molecular complexity index is 1460. The second kappa shape index (κ2) is 8.38. The van der Waals surface area contributed by atoms with E-state index >= 15 is 0 Å². The Morgan fingerprint density at radius 3 is 2.64 bits per heavy atom. The molecule has 7 nitrogen and oxygen atoms in total. The fourth-order valence-electron chi connectivity index (χ4n) is 5.17. The predicted molar refractivity (Wildman–Crippen MR) is 133 cm³/mol. The van der Waals surface area contributed by atoms with E-state index < -0.39 is 17.0 Å². The summed E-state index contributed by atoms with van der Waals surface area (Å²) < 4.78 is 25.9. The third-order valence-corrected chi connectivity index (χ3v) is 6.84. The molecule has 1 spiro atoms. The van der Waals surface area contributed by atoms with Gasteiger partial charge in [0.2, 0.25) is 0 Å². The molecule has 2 aliphatic rings. The Hall–Kier alpha value is -4.38. The number of likely N-dealkylation sites (N-methyl/N-ethyl adjacent to an activating group) is 1. The molecule has 0 aliphatic carbocycles. The first kappa shape index (κ1) is 23.4. The van der Waals surface area contributed by atoms with Crippen molar-refractivity contribution in [2.75, 3.05) is 14.2 Å². The molecule has 2 heterocycles. The summed E-state index contributed by atoms with van der Waals surface area (Å²) in [7, 11) is 3.02. The number of carbonyl (C=O) groups excluding carboxylic acids is 1. The number of halogens is 1. The van der Waals surface area contributed by atoms with Crippen molar-refractivity contribution in [2.45, 2.75) is 30.9 Å². The first-order chi connectivity index (χ1) is 17.2. The number of nitrogens with two attached hydrogens (primary N) is 1. The minimum atomic E-state index is -1.28. The average Bonchev–Trinajstić information content (AvgIpc) is 3.07. The number of aliphatic imine (C=N–C) groups is 1. The fraction of sp³-hybridized carbons (Fsp3) is 0.250. The molecule has 0 fully saturated rings. The first-order valence-electron chi connectivity index (χ1n) is 11.5. The number of fused-ring (bicyclic) bond motifs is 2. The van der Waals surface area contributed by atoms with E-state index in [-0.39, 0.29) is 24.0 Å². The number of benzene rings is 3. The van der Waals surface area contributed by atoms with Crippen LogP contribution in [0.15, 0.2) is 65.7 Å². The van der Waals surface area contributed by atoms with Crippen molar-refractivity contribution in [3.63, 3.8) is 0 Å². The lowest BCUT2D eigenvalue weighted by Gasteiger charge is -2.43. The molecule has 3 aromatic carbocycles. The van der Waals surface area contributed by atoms with E-state index in [1.807, 2.05) is 37.3 Å². The maximum atomic E-state index is 14.4. The Balaban J connectivity index is 1.61. The number of methoxy groups -OCH3 is 1. The molecular formula is C28H25FN4O3. The van der Waals surface area contributed by atoms with Gasteiger partial charge in [-0.1, -0.05) is 24.3 Å². The highest BCUT2D eigenvalue weighted by atomic mass is 19.1. The Morgan fingerprint density at radius 1 is 1.19 bits per heavy atom. The van der Waals surface area contributed by atoms with Gasteiger partial charge in [0.05, 0.1) is 18.7 Å². The highest BCUT2D eigenvalue weighted by Gasteiger charge is 2.56. The van der Waals surface area contributed by atoms with Crippen LogP contribution in [0.2, 0.25) is 0 Å². The van der Waals surface area contributed by atoms with Gasteiger partial charge in [-0.15, -0.1) is 0 Å². The number of guanidine groups is 1. The molecule has 36 heavy (non-hydrogen) atoms. The zero-order valence-corrected chi connectivity index (χ0v) is 20.2. The van der Waals surface area contributed by atoms with E-state index in [4.69, 9.17) is 15.2 Å². The van der Waals surface area contributed by atoms with Crippen molar-refractivity contribution in [3.05, 3.63) is 83.2 Å². The minimum absolute atomic E-state index is 0.127. The molecule has 3 aromatic rings. The summed E-state index contributed by atoms with van der Waals surface area (Å²) in [6.07, 6.45) is 0.555. The molecule has 0 radical (unpaired) electrons. The van der Waals surface area contributed by atoms with Gasteiger partial charge in [-0.05, 0) is 60.0 Å². The van der Waals surface area contributed by atoms with Crippen molar-refractivity contribution in [1.29, 1.82) is 5.26 Å². The van der Waals surface area contributed by atoms with Crippen molar-refractivity contribution < 1.29 is 18.7 Å². The molecule has 1 unspecified atom stereocenters. The van der Waals surface area contributed by atoms with Crippen LogP contribution < -0.4 is 15.2 Å². The van der Waals surface area contributed by atoms with Crippen molar-refractivity contribution in [3.8, 4) is 28.7 Å². The van der Waals surface area contributed by atoms with Crippen LogP contribution in [-0.4, -0.2) is 36.5 Å². The van der Waals surface area contributed by atoms with Crippen LogP contribution >= 0.6 is 0 Å². The molecule has 2 aliphatic heterocycles. The monoisotopic (exact) mass is 484 g/mol. The van der Waals surface area contributed by atoms with Gasteiger partial charge in [-0.3, -0.25) is 9.69 Å². The van der Waals surface area contributed by atoms with Crippen molar-refractivity contribution in [1.82, 2.24) is 4.90 Å². The SMILES string of the molecule is COc1ccc(C[C@]2(C)CC3(N=C(N)N(C)C3=O)c3cc(-c4cccc(C#N)c4)ccc3O2)cc1F. The van der Waals surface area contributed by atoms with E-state index in [0.717, 1.165) is 11.1 Å². The molecule has 182 valence electrons. The highest BCUT2D eigenvalue weighted by molar-refractivity contribution is 6.07. The van der Waals surface area contributed by atoms with Gasteiger partial charge in [0.1, 0.15) is 11.4 Å². The predicted octanol–water partition coefficient (Wildman–Crippen LogP) is 4.14. The van der Waals surface area contributed by atoms with Crippen LogP contribution in [0.4, 0.5) is 4.39 Å². The lowest BCUT2D eigenvalue weighted by atomic mass is 9.74. The van der Waals surface area contributed by atoms with E-state index in [0.29, 0.717) is 28.9 Å². The summed E-state index contributed by atoms with van der Waals surface area (Å²) in [5.74, 6) is 0.0845. The van der Waals surface area contributed by atoms with Crippen molar-refractivity contribution in [2.24, 2.45) is 10.7 Å². The molecule has 2 N–H and O–H groups in total. The smallest absolute Gasteiger partial charge is 0.261 e. The molecule has 1 amide bonds. The van der Waals surface area contributed by atoms with Gasteiger partial charge in [0, 0.05) is 25.5 Å². The minimum Gasteiger partial charge on any atom is -0.494 e. The summed E-state index contributed by atoms with van der Waals surface area (Å²) >= 11 is 0. The number of nitrogens with zero attached hydrogens (tertiary/aromatic N) is 3. The standard InChI is InChI=1S/C28H25FN4O3/c1-27(14-17-7-9-24(35-3)22(29)12-17)16-28(25(34)33(2)26(31)32-28)21-13-20(8-10-23(21)36-27)19-6-4-5-18(11-19)15-30/h4-13H,14,16H2,1-3H3,(H2,31,32)/t27-,28?/m1/s1. The Morgan fingerprint density at radius 2 is 1.97 bits per heavy atom. The van der Waals surface area contributed by atoms with Gasteiger partial charge < -0.3 is 15.2 Å². The number of nitriles is 1. The van der Waals surface area contributed by atoms with Crippen LogP contribution in [0.5, 0.6) is 11.5 Å². The summed E-state index contributed by atoms with van der Waals surface area (Å²) in [5.41, 5.74) is 7.48. The normalized spacial score (nSPS) is 22.6. The molecular weight excluding hydrogens is 459 g/mol. The van der Waals surface area contributed by atoms with Crippen LogP contribution in [-0.2, 0) is 16.8 Å². The Labute approximate surface area is 208 Å². The number of hydrogen-bond donors (Lipinski definition) is 1. The van der Waals surface area contributed by atoms with Gasteiger partial charge in [0.15, 0.2) is 23.1 Å². The molecule has 0 saturated carbocycles. The highest BCUT2D eigenvalue weighted by Crippen LogP contribution is 2.50. The summed E-state index contributed by atoms with van der Waals surface area (Å²) in [5, 5.41) is 9.30. The third-order valence-electron chi connectivity index (χ3n) is 6.84. The number of carbonyl (C=O) groups is 1. The lowest BCUT2D eigenvalue weighted by molar-refractivity contribution is -0.133. The first-order valence-corrected chi connectivity index (χ1v) is 11.5. The summed E-state index contributed by atoms with van der Waals surface area (Å²) in [6.45, 7) is 1.89. The molecule has 2 atom stereocenters. The summed E-state index contributed by atoms with van der Waals surface area (Å²) in [4.78, 5) is 19.7. The largest absolute Gasteiger partial charge is 0.494 e. The van der Waals surface area contributed by atoms with E-state index in [2.05, 4.69) is 11.1 Å². The van der Waals surface area contributed by atoms with Crippen molar-refractivity contribution >= 4 is 11.9 Å². The quantitative estimate of drug-likeness (QED) is 0.600. The fourth-order valence-corrected chi connectivity index (χ4v) is 5.17. The number of ether oxygens (including phenoxy) is 2. The number of hydrogen-bond acceptors (Lipinski definition) is 6. The molecule has 0 saturated heterocycles. The second-order valence-corrected chi connectivity index (χ2v) is 9.47. The number of amides is 1. The zero-order chi connectivity index (χ0) is 25.7. The molecule has 0 aromatic heterocycles. The second-order valence-electron chi connectivity index (χ2n) is 9.47. The zero-order valence-electron chi connectivity index (χ0n) is 20.2. The van der Waals surface area contributed by atoms with E-state index in [1.54, 1.807) is 31.3 Å². The topological polar surface area (TPSA) is 101 Å². The molecule has 0 bridgehead atoms. The van der Waals surface area contributed by atoms with Gasteiger partial charge in [-0.2, -0.15) is 5.26 Å². The number of rotatable bonds is 4. The average molecular weight is 485 g/mol. The van der Waals surface area contributed by atoms with E-state index in [1.165, 1.54) is 18.1 Å². The third kappa shape index (κ3) is 3.73. The van der Waals surface area contributed by atoms with Crippen LogP contribution in [0, 0.1) is 17.1 Å². The molecule has 8 heteroatoms.